The van der Waals surface area contributed by atoms with Crippen LogP contribution in [0.25, 0.3) is 0 Å². The molecule has 0 saturated carbocycles. The molecule has 0 saturated heterocycles. The summed E-state index contributed by atoms with van der Waals surface area (Å²) in [6, 6.07) is 1.06. The molecule has 0 aliphatic heterocycles. The SMILES string of the molecule is COc1nc(N)nc(Nc2cc(F)cc(F)c2F)n1. The topological polar surface area (TPSA) is 86.0 Å². The van der Waals surface area contributed by atoms with Crippen molar-refractivity contribution in [2.45, 2.75) is 0 Å². The summed E-state index contributed by atoms with van der Waals surface area (Å²) in [5, 5.41) is 2.29. The maximum absolute atomic E-state index is 13.4. The third-order valence-corrected chi connectivity index (χ3v) is 2.05. The number of anilines is 3. The normalized spacial score (nSPS) is 10.3. The number of halogens is 3. The van der Waals surface area contributed by atoms with Crippen LogP contribution in [0.4, 0.5) is 30.8 Å². The lowest BCUT2D eigenvalue weighted by Crippen LogP contribution is -2.06. The monoisotopic (exact) mass is 271 g/mol. The Bertz CT molecular complexity index is 622. The highest BCUT2D eigenvalue weighted by molar-refractivity contribution is 5.55. The summed E-state index contributed by atoms with van der Waals surface area (Å²) in [6.07, 6.45) is 0. The van der Waals surface area contributed by atoms with E-state index in [-0.39, 0.29) is 17.9 Å². The van der Waals surface area contributed by atoms with Crippen molar-refractivity contribution in [1.82, 2.24) is 15.0 Å². The molecule has 1 aromatic carbocycles. The molecule has 0 aliphatic carbocycles. The van der Waals surface area contributed by atoms with Crippen LogP contribution in [0.5, 0.6) is 6.01 Å². The fourth-order valence-electron chi connectivity index (χ4n) is 1.29. The van der Waals surface area contributed by atoms with Gasteiger partial charge in [0.15, 0.2) is 11.6 Å². The van der Waals surface area contributed by atoms with Crippen LogP contribution in [-0.2, 0) is 0 Å². The number of nitrogens with two attached hydrogens (primary N) is 1. The first-order valence-electron chi connectivity index (χ1n) is 4.96. The molecule has 0 spiro atoms. The lowest BCUT2D eigenvalue weighted by molar-refractivity contribution is 0.380. The summed E-state index contributed by atoms with van der Waals surface area (Å²) in [6.45, 7) is 0. The Morgan fingerprint density at radius 3 is 2.58 bits per heavy atom. The summed E-state index contributed by atoms with van der Waals surface area (Å²) in [4.78, 5) is 10.9. The van der Waals surface area contributed by atoms with Gasteiger partial charge in [0.25, 0.3) is 0 Å². The van der Waals surface area contributed by atoms with Gasteiger partial charge in [0.05, 0.1) is 12.8 Å². The number of benzene rings is 1. The summed E-state index contributed by atoms with van der Waals surface area (Å²) in [7, 11) is 1.29. The van der Waals surface area contributed by atoms with Gasteiger partial charge in [0, 0.05) is 12.1 Å². The third-order valence-electron chi connectivity index (χ3n) is 2.05. The van der Waals surface area contributed by atoms with Crippen molar-refractivity contribution in [2.75, 3.05) is 18.2 Å². The van der Waals surface area contributed by atoms with Crippen molar-refractivity contribution < 1.29 is 17.9 Å². The predicted molar refractivity (Wildman–Crippen MR) is 60.4 cm³/mol. The Hall–Kier alpha value is -2.58. The number of rotatable bonds is 3. The van der Waals surface area contributed by atoms with E-state index in [0.29, 0.717) is 6.07 Å². The highest BCUT2D eigenvalue weighted by atomic mass is 19.2. The van der Waals surface area contributed by atoms with Crippen molar-refractivity contribution in [1.29, 1.82) is 0 Å². The Balaban J connectivity index is 2.38. The van der Waals surface area contributed by atoms with Gasteiger partial charge in [0.1, 0.15) is 5.82 Å². The first kappa shape index (κ1) is 12.9. The standard InChI is InChI=1S/C10H8F3N5O/c1-19-10-17-8(14)16-9(18-10)15-6-3-4(11)2-5(12)7(6)13/h2-3H,1H3,(H3,14,15,16,17,18). The summed E-state index contributed by atoms with van der Waals surface area (Å²) < 4.78 is 44.1. The van der Waals surface area contributed by atoms with E-state index >= 15 is 0 Å². The quantitative estimate of drug-likeness (QED) is 0.825. The number of methoxy groups -OCH3 is 1. The van der Waals surface area contributed by atoms with E-state index in [4.69, 9.17) is 10.5 Å². The van der Waals surface area contributed by atoms with E-state index < -0.39 is 23.1 Å². The predicted octanol–water partition coefficient (Wildman–Crippen LogP) is 1.62. The number of hydrogen-bond acceptors (Lipinski definition) is 6. The molecule has 0 unspecified atom stereocenters. The highest BCUT2D eigenvalue weighted by Crippen LogP contribution is 2.22. The molecule has 0 fully saturated rings. The van der Waals surface area contributed by atoms with Crippen LogP contribution in [0.2, 0.25) is 0 Å². The first-order chi connectivity index (χ1) is 8.99. The molecule has 0 amide bonds. The van der Waals surface area contributed by atoms with E-state index in [1.807, 2.05) is 0 Å². The number of nitrogens with one attached hydrogen (secondary N) is 1. The molecule has 6 nitrogen and oxygen atoms in total. The van der Waals surface area contributed by atoms with E-state index in [1.54, 1.807) is 0 Å². The minimum absolute atomic E-state index is 0.118. The number of ether oxygens (including phenoxy) is 1. The van der Waals surface area contributed by atoms with E-state index in [2.05, 4.69) is 20.3 Å². The summed E-state index contributed by atoms with van der Waals surface area (Å²) in [5.41, 5.74) is 4.89. The molecule has 9 heteroatoms. The van der Waals surface area contributed by atoms with Gasteiger partial charge < -0.3 is 15.8 Å². The molecule has 3 N–H and O–H groups in total. The van der Waals surface area contributed by atoms with Crippen LogP contribution in [0.3, 0.4) is 0 Å². The minimum atomic E-state index is -1.34. The first-order valence-corrected chi connectivity index (χ1v) is 4.96. The smallest absolute Gasteiger partial charge is 0.322 e. The average Bonchev–Trinajstić information content (AvgIpc) is 2.34. The number of nitrogens with zero attached hydrogens (tertiary/aromatic N) is 3. The molecule has 100 valence electrons. The molecule has 2 aromatic rings. The molecule has 0 atom stereocenters. The van der Waals surface area contributed by atoms with Crippen LogP contribution < -0.4 is 15.8 Å². The number of nitrogen functional groups attached to an aromatic ring is 1. The van der Waals surface area contributed by atoms with E-state index in [9.17, 15) is 13.2 Å². The zero-order valence-electron chi connectivity index (χ0n) is 9.62. The average molecular weight is 271 g/mol. The zero-order valence-corrected chi connectivity index (χ0v) is 9.62. The van der Waals surface area contributed by atoms with Gasteiger partial charge >= 0.3 is 6.01 Å². The number of hydrogen-bond donors (Lipinski definition) is 2. The Morgan fingerprint density at radius 1 is 1.16 bits per heavy atom. The largest absolute Gasteiger partial charge is 0.467 e. The second kappa shape index (κ2) is 4.96. The Morgan fingerprint density at radius 2 is 1.89 bits per heavy atom. The second-order valence-electron chi connectivity index (χ2n) is 3.38. The van der Waals surface area contributed by atoms with Crippen LogP contribution >= 0.6 is 0 Å². The van der Waals surface area contributed by atoms with Gasteiger partial charge in [-0.2, -0.15) is 15.0 Å². The highest BCUT2D eigenvalue weighted by Gasteiger charge is 2.13. The molecule has 1 aromatic heterocycles. The zero-order chi connectivity index (χ0) is 14.0. The van der Waals surface area contributed by atoms with Crippen LogP contribution in [0.1, 0.15) is 0 Å². The molecule has 0 radical (unpaired) electrons. The van der Waals surface area contributed by atoms with E-state index in [1.165, 1.54) is 7.11 Å². The van der Waals surface area contributed by atoms with Crippen molar-refractivity contribution in [3.63, 3.8) is 0 Å². The van der Waals surface area contributed by atoms with Gasteiger partial charge in [-0.3, -0.25) is 0 Å². The van der Waals surface area contributed by atoms with Crippen molar-refractivity contribution in [3.05, 3.63) is 29.6 Å². The molecule has 0 bridgehead atoms. The maximum atomic E-state index is 13.4. The minimum Gasteiger partial charge on any atom is -0.467 e. The lowest BCUT2D eigenvalue weighted by atomic mass is 10.3. The molecule has 0 aliphatic rings. The van der Waals surface area contributed by atoms with Crippen molar-refractivity contribution in [3.8, 4) is 6.01 Å². The number of aromatic nitrogens is 3. The Kier molecular flexibility index (Phi) is 3.36. The Labute approximate surface area is 105 Å². The van der Waals surface area contributed by atoms with Gasteiger partial charge in [-0.1, -0.05) is 0 Å². The van der Waals surface area contributed by atoms with Gasteiger partial charge in [-0.05, 0) is 0 Å². The fraction of sp³-hybridized carbons (Fsp3) is 0.100. The summed E-state index contributed by atoms with van der Waals surface area (Å²) in [5.74, 6) is -3.94. The van der Waals surface area contributed by atoms with Crippen molar-refractivity contribution >= 4 is 17.6 Å². The van der Waals surface area contributed by atoms with E-state index in [0.717, 1.165) is 6.07 Å². The van der Waals surface area contributed by atoms with Gasteiger partial charge in [-0.15, -0.1) is 0 Å². The van der Waals surface area contributed by atoms with Crippen molar-refractivity contribution in [2.24, 2.45) is 0 Å². The van der Waals surface area contributed by atoms with Gasteiger partial charge in [-0.25, -0.2) is 13.2 Å². The molecule has 19 heavy (non-hydrogen) atoms. The van der Waals surface area contributed by atoms with Crippen LogP contribution in [0.15, 0.2) is 12.1 Å². The third kappa shape index (κ3) is 2.81. The molecular weight excluding hydrogens is 263 g/mol. The van der Waals surface area contributed by atoms with Crippen LogP contribution in [-0.4, -0.2) is 22.1 Å². The second-order valence-corrected chi connectivity index (χ2v) is 3.38. The molecule has 2 rings (SSSR count). The lowest BCUT2D eigenvalue weighted by Gasteiger charge is -2.08. The fourth-order valence-corrected chi connectivity index (χ4v) is 1.29. The maximum Gasteiger partial charge on any atom is 0.322 e. The van der Waals surface area contributed by atoms with Crippen LogP contribution in [0, 0.1) is 17.5 Å². The summed E-state index contributed by atoms with van der Waals surface area (Å²) >= 11 is 0. The molecule has 1 heterocycles. The molecular formula is C10H8F3N5O. The van der Waals surface area contributed by atoms with Gasteiger partial charge in [0.2, 0.25) is 11.9 Å².